The first kappa shape index (κ1) is 31.0. The van der Waals surface area contributed by atoms with Crippen molar-refractivity contribution in [2.45, 2.75) is 5.41 Å². The lowest BCUT2D eigenvalue weighted by Gasteiger charge is -2.32. The highest BCUT2D eigenvalue weighted by Crippen LogP contribution is 2.66. The maximum absolute atomic E-state index is 2.42. The Balaban J connectivity index is 1.05. The minimum absolute atomic E-state index is 0.465. The van der Waals surface area contributed by atoms with E-state index in [1.807, 2.05) is 0 Å². The molecule has 0 aliphatic heterocycles. The summed E-state index contributed by atoms with van der Waals surface area (Å²) in [7, 11) is 0. The van der Waals surface area contributed by atoms with Crippen LogP contribution in [-0.4, -0.2) is 0 Å². The summed E-state index contributed by atoms with van der Waals surface area (Å²) in [5.41, 5.74) is 15.4. The van der Waals surface area contributed by atoms with Crippen molar-refractivity contribution in [1.29, 1.82) is 0 Å². The van der Waals surface area contributed by atoms with E-state index in [4.69, 9.17) is 0 Å². The lowest BCUT2D eigenvalue weighted by atomic mass is 9.68. The molecule has 57 heavy (non-hydrogen) atoms. The van der Waals surface area contributed by atoms with Crippen LogP contribution in [-0.2, 0) is 5.41 Å². The van der Waals surface area contributed by atoms with Crippen LogP contribution in [0.3, 0.4) is 0 Å². The van der Waals surface area contributed by atoms with Crippen LogP contribution in [0.2, 0.25) is 0 Å². The Morgan fingerprint density at radius 2 is 0.754 bits per heavy atom. The van der Waals surface area contributed by atoms with Gasteiger partial charge in [-0.2, -0.15) is 0 Å². The highest BCUT2D eigenvalue weighted by molar-refractivity contribution is 6.21. The standard InChI is InChI=1S/C57H34/c1-2-14-40-38(13-1)34-51(45-18-4-3-15-42(40)45)36-27-25-35(26-28-36)37-29-31-41-39(33-37)30-32-50-54-48-21-7-5-16-43(48)44-17-6-8-22-49(44)56(54)57(55(41)50)52-23-11-9-19-46(52)47-20-10-12-24-53(47)57/h1-34H. The lowest BCUT2D eigenvalue weighted by Crippen LogP contribution is -2.26. The zero-order valence-electron chi connectivity index (χ0n) is 31.1. The summed E-state index contributed by atoms with van der Waals surface area (Å²) in [4.78, 5) is 0. The average Bonchev–Trinajstić information content (AvgIpc) is 3.77. The number of hydrogen-bond donors (Lipinski definition) is 0. The van der Waals surface area contributed by atoms with E-state index in [2.05, 4.69) is 206 Å². The summed E-state index contributed by atoms with van der Waals surface area (Å²) in [6.07, 6.45) is 0. The summed E-state index contributed by atoms with van der Waals surface area (Å²) < 4.78 is 0. The normalized spacial score (nSPS) is 13.4. The van der Waals surface area contributed by atoms with Crippen molar-refractivity contribution >= 4 is 53.9 Å². The first-order chi connectivity index (χ1) is 28.3. The fourth-order valence-corrected chi connectivity index (χ4v) is 11.0. The van der Waals surface area contributed by atoms with Gasteiger partial charge in [0.25, 0.3) is 0 Å². The Kier molecular flexibility index (Phi) is 6.19. The molecule has 11 aromatic rings. The van der Waals surface area contributed by atoms with Gasteiger partial charge in [0.2, 0.25) is 0 Å². The van der Waals surface area contributed by atoms with Gasteiger partial charge in [0.15, 0.2) is 0 Å². The summed E-state index contributed by atoms with van der Waals surface area (Å²) in [5.74, 6) is 0. The third kappa shape index (κ3) is 4.02. The molecular formula is C57H34. The van der Waals surface area contributed by atoms with Crippen LogP contribution < -0.4 is 0 Å². The van der Waals surface area contributed by atoms with Crippen molar-refractivity contribution in [2.24, 2.45) is 0 Å². The zero-order chi connectivity index (χ0) is 37.2. The van der Waals surface area contributed by atoms with Crippen molar-refractivity contribution in [2.75, 3.05) is 0 Å². The van der Waals surface area contributed by atoms with Crippen LogP contribution in [0, 0.1) is 0 Å². The maximum atomic E-state index is 2.42. The van der Waals surface area contributed by atoms with Crippen LogP contribution in [0.15, 0.2) is 206 Å². The topological polar surface area (TPSA) is 0 Å². The Labute approximate surface area is 330 Å². The number of hydrogen-bond acceptors (Lipinski definition) is 0. The van der Waals surface area contributed by atoms with Gasteiger partial charge in [-0.3, -0.25) is 0 Å². The maximum Gasteiger partial charge on any atom is 0.0737 e. The predicted octanol–water partition coefficient (Wildman–Crippen LogP) is 15.1. The molecule has 0 atom stereocenters. The van der Waals surface area contributed by atoms with Crippen LogP contribution >= 0.6 is 0 Å². The van der Waals surface area contributed by atoms with E-state index in [-0.39, 0.29) is 0 Å². The van der Waals surface area contributed by atoms with Crippen molar-refractivity contribution in [3.8, 4) is 44.5 Å². The van der Waals surface area contributed by atoms with E-state index in [0.29, 0.717) is 0 Å². The molecule has 0 fully saturated rings. The third-order valence-electron chi connectivity index (χ3n) is 13.2. The van der Waals surface area contributed by atoms with Gasteiger partial charge in [-0.15, -0.1) is 0 Å². The Hall–Kier alpha value is -7.28. The molecule has 11 aromatic carbocycles. The van der Waals surface area contributed by atoms with E-state index < -0.39 is 5.41 Å². The van der Waals surface area contributed by atoms with Gasteiger partial charge < -0.3 is 0 Å². The summed E-state index contributed by atoms with van der Waals surface area (Å²) in [5, 5.41) is 13.0. The molecular weight excluding hydrogens is 685 g/mol. The molecule has 0 saturated heterocycles. The van der Waals surface area contributed by atoms with Crippen molar-refractivity contribution in [3.05, 3.63) is 229 Å². The molecule has 262 valence electrons. The molecule has 0 amide bonds. The highest BCUT2D eigenvalue weighted by atomic mass is 14.5. The third-order valence-corrected chi connectivity index (χ3v) is 13.2. The Morgan fingerprint density at radius 1 is 0.246 bits per heavy atom. The second kappa shape index (κ2) is 11.4. The molecule has 0 N–H and O–H groups in total. The highest BCUT2D eigenvalue weighted by Gasteiger charge is 2.53. The molecule has 0 aromatic heterocycles. The molecule has 0 bridgehead atoms. The first-order valence-corrected chi connectivity index (χ1v) is 20.0. The van der Waals surface area contributed by atoms with Crippen molar-refractivity contribution in [3.63, 3.8) is 0 Å². The van der Waals surface area contributed by atoms with Crippen LogP contribution in [0.25, 0.3) is 98.4 Å². The van der Waals surface area contributed by atoms with E-state index >= 15 is 0 Å². The fourth-order valence-electron chi connectivity index (χ4n) is 11.0. The number of rotatable bonds is 2. The molecule has 2 aliphatic carbocycles. The van der Waals surface area contributed by atoms with E-state index in [0.717, 1.165) is 0 Å². The van der Waals surface area contributed by atoms with E-state index in [1.54, 1.807) is 0 Å². The first-order valence-electron chi connectivity index (χ1n) is 20.0. The van der Waals surface area contributed by atoms with Gasteiger partial charge in [-0.05, 0) is 133 Å². The Bertz CT molecular complexity index is 3460. The van der Waals surface area contributed by atoms with Crippen LogP contribution in [0.1, 0.15) is 22.3 Å². The van der Waals surface area contributed by atoms with Gasteiger partial charge in [0, 0.05) is 0 Å². The predicted molar refractivity (Wildman–Crippen MR) is 241 cm³/mol. The second-order valence-corrected chi connectivity index (χ2v) is 15.9. The molecule has 0 saturated carbocycles. The SMILES string of the molecule is c1ccc2c(c1)-c1ccccc1C21c2c(ccc3cc(-c4ccc(-c5cc6ccccc6c6ccccc56)cc4)ccc23)-c2c1c1ccccc1c1ccccc21. The molecule has 0 heteroatoms. The van der Waals surface area contributed by atoms with Gasteiger partial charge in [-0.1, -0.05) is 194 Å². The molecule has 0 unspecified atom stereocenters. The smallest absolute Gasteiger partial charge is 0.0619 e. The van der Waals surface area contributed by atoms with Gasteiger partial charge in [0.05, 0.1) is 5.41 Å². The van der Waals surface area contributed by atoms with Gasteiger partial charge in [-0.25, -0.2) is 0 Å². The lowest BCUT2D eigenvalue weighted by molar-refractivity contribution is 0.809. The monoisotopic (exact) mass is 718 g/mol. The van der Waals surface area contributed by atoms with Crippen LogP contribution in [0.5, 0.6) is 0 Å². The molecule has 2 aliphatic rings. The minimum atomic E-state index is -0.465. The molecule has 1 spiro atoms. The minimum Gasteiger partial charge on any atom is -0.0619 e. The molecule has 0 heterocycles. The van der Waals surface area contributed by atoms with Gasteiger partial charge >= 0.3 is 0 Å². The zero-order valence-corrected chi connectivity index (χ0v) is 31.1. The Morgan fingerprint density at radius 3 is 1.47 bits per heavy atom. The van der Waals surface area contributed by atoms with Crippen molar-refractivity contribution in [1.82, 2.24) is 0 Å². The summed E-state index contributed by atoms with van der Waals surface area (Å²) in [6.45, 7) is 0. The second-order valence-electron chi connectivity index (χ2n) is 15.9. The number of benzene rings is 11. The molecule has 13 rings (SSSR count). The largest absolute Gasteiger partial charge is 0.0737 e. The number of fused-ring (bicyclic) bond motifs is 20. The summed E-state index contributed by atoms with van der Waals surface area (Å²) in [6, 6.07) is 77.5. The fraction of sp³-hybridized carbons (Fsp3) is 0.0175. The quantitative estimate of drug-likeness (QED) is 0.156. The molecule has 0 radical (unpaired) electrons. The summed E-state index contributed by atoms with van der Waals surface area (Å²) >= 11 is 0. The van der Waals surface area contributed by atoms with Crippen LogP contribution in [0.4, 0.5) is 0 Å². The average molecular weight is 719 g/mol. The van der Waals surface area contributed by atoms with Crippen molar-refractivity contribution < 1.29 is 0 Å². The van der Waals surface area contributed by atoms with E-state index in [9.17, 15) is 0 Å². The van der Waals surface area contributed by atoms with E-state index in [1.165, 1.54) is 121 Å². The molecule has 0 nitrogen and oxygen atoms in total. The van der Waals surface area contributed by atoms with Gasteiger partial charge in [0.1, 0.15) is 0 Å².